The quantitative estimate of drug-likeness (QED) is 0.0764. The number of carbonyl (C=O) groups is 3. The number of esters is 1. The number of nitrogens with zero attached hydrogens (tertiary/aromatic N) is 1. The third kappa shape index (κ3) is 8.41. The molecule has 0 saturated heterocycles. The summed E-state index contributed by atoms with van der Waals surface area (Å²) in [5.74, 6) is -0.760. The van der Waals surface area contributed by atoms with Crippen molar-refractivity contribution in [2.24, 2.45) is 0 Å². The Labute approximate surface area is 256 Å². The molecule has 226 valence electrons. The van der Waals surface area contributed by atoms with Gasteiger partial charge in [-0.3, -0.25) is 9.59 Å². The van der Waals surface area contributed by atoms with Crippen LogP contribution in [0.1, 0.15) is 34.8 Å². The lowest BCUT2D eigenvalue weighted by molar-refractivity contribution is -0.141. The van der Waals surface area contributed by atoms with E-state index in [4.69, 9.17) is 9.47 Å². The number of methoxy groups -OCH3 is 1. The molecule has 4 rings (SSSR count). The lowest BCUT2D eigenvalue weighted by Crippen LogP contribution is -2.33. The van der Waals surface area contributed by atoms with E-state index >= 15 is 0 Å². The van der Waals surface area contributed by atoms with Gasteiger partial charge in [0, 0.05) is 29.8 Å². The van der Waals surface area contributed by atoms with Crippen LogP contribution in [0.2, 0.25) is 0 Å². The number of benzene rings is 4. The normalized spacial score (nSPS) is 11.5. The Hall–Kier alpha value is -5.24. The Morgan fingerprint density at radius 3 is 2.27 bits per heavy atom. The van der Waals surface area contributed by atoms with E-state index in [0.29, 0.717) is 42.0 Å². The largest absolute Gasteiger partial charge is 0.494 e. The molecule has 0 unspecified atom stereocenters. The maximum Gasteiger partial charge on any atom is 0.328 e. The molecule has 0 fully saturated rings. The Bertz CT molecular complexity index is 1590. The number of amides is 1. The van der Waals surface area contributed by atoms with Gasteiger partial charge >= 0.3 is 5.97 Å². The molecule has 1 amide bonds. The molecule has 0 aliphatic heterocycles. The highest BCUT2D eigenvalue weighted by atomic mass is 19.1. The fourth-order valence-electron chi connectivity index (χ4n) is 4.70. The monoisotopic (exact) mass is 594 g/mol. The van der Waals surface area contributed by atoms with Crippen molar-refractivity contribution in [1.82, 2.24) is 0 Å². The van der Waals surface area contributed by atoms with Gasteiger partial charge in [0.15, 0.2) is 5.78 Å². The van der Waals surface area contributed by atoms with Crippen molar-refractivity contribution in [2.45, 2.75) is 25.8 Å². The number of allylic oxidation sites excluding steroid dienone is 1. The van der Waals surface area contributed by atoms with Crippen LogP contribution in [0, 0.1) is 5.82 Å². The van der Waals surface area contributed by atoms with Gasteiger partial charge in [-0.1, -0.05) is 72.8 Å². The molecule has 7 nitrogen and oxygen atoms in total. The smallest absolute Gasteiger partial charge is 0.328 e. The first kappa shape index (κ1) is 31.7. The van der Waals surface area contributed by atoms with E-state index in [9.17, 15) is 18.8 Å². The molecule has 4 aromatic rings. The average Bonchev–Trinajstić information content (AvgIpc) is 3.05. The first-order chi connectivity index (χ1) is 21.4. The summed E-state index contributed by atoms with van der Waals surface area (Å²) in [6, 6.07) is 28.8. The predicted octanol–water partition coefficient (Wildman–Crippen LogP) is 6.63. The van der Waals surface area contributed by atoms with Crippen LogP contribution in [0.3, 0.4) is 0 Å². The van der Waals surface area contributed by atoms with Gasteiger partial charge in [0.25, 0.3) is 5.91 Å². The van der Waals surface area contributed by atoms with Crippen molar-refractivity contribution in [1.29, 1.82) is 0 Å². The maximum atomic E-state index is 14.4. The summed E-state index contributed by atoms with van der Waals surface area (Å²) < 4.78 is 25.3. The maximum absolute atomic E-state index is 14.4. The molecule has 0 spiro atoms. The Kier molecular flexibility index (Phi) is 11.4. The van der Waals surface area contributed by atoms with E-state index in [0.717, 1.165) is 5.56 Å². The summed E-state index contributed by atoms with van der Waals surface area (Å²) in [5, 5.41) is 3.21. The lowest BCUT2D eigenvalue weighted by Gasteiger charge is -2.22. The van der Waals surface area contributed by atoms with E-state index in [2.05, 4.69) is 5.32 Å². The number of ether oxygens (including phenoxy) is 2. The summed E-state index contributed by atoms with van der Waals surface area (Å²) in [6.45, 7) is 2.33. The Morgan fingerprint density at radius 1 is 0.886 bits per heavy atom. The summed E-state index contributed by atoms with van der Waals surface area (Å²) >= 11 is 0. The van der Waals surface area contributed by atoms with Crippen molar-refractivity contribution in [3.8, 4) is 5.75 Å². The Balaban J connectivity index is 1.37. The minimum atomic E-state index is -0.740. The summed E-state index contributed by atoms with van der Waals surface area (Å²) in [5.41, 5.74) is 2.62. The van der Waals surface area contributed by atoms with Gasteiger partial charge < -0.3 is 19.7 Å². The van der Waals surface area contributed by atoms with Gasteiger partial charge in [-0.25, -0.2) is 9.18 Å². The molecule has 0 bridgehead atoms. The molecule has 0 aromatic heterocycles. The molecule has 1 N–H and O–H groups in total. The van der Waals surface area contributed by atoms with E-state index in [1.807, 2.05) is 18.2 Å². The van der Waals surface area contributed by atoms with Crippen LogP contribution >= 0.6 is 0 Å². The van der Waals surface area contributed by atoms with Crippen LogP contribution < -0.4 is 15.0 Å². The van der Waals surface area contributed by atoms with Crippen LogP contribution in [0.25, 0.3) is 0 Å². The molecule has 0 radical (unpaired) electrons. The van der Waals surface area contributed by atoms with Crippen molar-refractivity contribution in [2.75, 3.05) is 30.5 Å². The number of para-hydroxylation sites is 2. The number of anilines is 2. The van der Waals surface area contributed by atoms with Crippen molar-refractivity contribution in [3.05, 3.63) is 138 Å². The highest BCUT2D eigenvalue weighted by Crippen LogP contribution is 2.23. The van der Waals surface area contributed by atoms with Gasteiger partial charge in [-0.2, -0.15) is 0 Å². The fourth-order valence-corrected chi connectivity index (χ4v) is 4.70. The van der Waals surface area contributed by atoms with Crippen LogP contribution in [0.4, 0.5) is 15.8 Å². The van der Waals surface area contributed by atoms with Gasteiger partial charge in [0.05, 0.1) is 19.4 Å². The van der Waals surface area contributed by atoms with Crippen LogP contribution in [-0.2, 0) is 20.7 Å². The zero-order valence-electron chi connectivity index (χ0n) is 24.7. The number of ketones is 1. The summed E-state index contributed by atoms with van der Waals surface area (Å²) in [6.07, 6.45) is 3.82. The SMILES string of the molecule is C/C=C/C(=O)N(CCCOc1ccc(C[C@H](Nc2ccccc2C(=O)c2ccccc2)C(=O)OC)cc1)c1ccccc1F. The molecule has 4 aromatic carbocycles. The molecule has 0 aliphatic carbocycles. The second-order valence-corrected chi connectivity index (χ2v) is 9.95. The first-order valence-corrected chi connectivity index (χ1v) is 14.3. The third-order valence-corrected chi connectivity index (χ3v) is 6.90. The molecule has 44 heavy (non-hydrogen) atoms. The van der Waals surface area contributed by atoms with E-state index in [-0.39, 0.29) is 23.9 Å². The highest BCUT2D eigenvalue weighted by Gasteiger charge is 2.23. The van der Waals surface area contributed by atoms with Gasteiger partial charge in [0.2, 0.25) is 0 Å². The highest BCUT2D eigenvalue weighted by molar-refractivity contribution is 6.12. The first-order valence-electron chi connectivity index (χ1n) is 14.3. The number of halogens is 1. The predicted molar refractivity (Wildman–Crippen MR) is 170 cm³/mol. The third-order valence-electron chi connectivity index (χ3n) is 6.90. The number of nitrogens with one attached hydrogen (secondary N) is 1. The van der Waals surface area contributed by atoms with Gasteiger partial charge in [0.1, 0.15) is 17.6 Å². The van der Waals surface area contributed by atoms with Crippen molar-refractivity contribution < 1.29 is 28.2 Å². The minimum absolute atomic E-state index is 0.151. The van der Waals surface area contributed by atoms with E-state index < -0.39 is 17.8 Å². The van der Waals surface area contributed by atoms with Gasteiger partial charge in [-0.15, -0.1) is 0 Å². The zero-order chi connectivity index (χ0) is 31.3. The average molecular weight is 595 g/mol. The molecular formula is C36H35FN2O5. The fraction of sp³-hybridized carbons (Fsp3) is 0.194. The van der Waals surface area contributed by atoms with Gasteiger partial charge in [-0.05, 0) is 61.4 Å². The second kappa shape index (κ2) is 15.8. The number of hydrogen-bond donors (Lipinski definition) is 1. The van der Waals surface area contributed by atoms with Crippen LogP contribution in [0.5, 0.6) is 5.75 Å². The Morgan fingerprint density at radius 2 is 1.57 bits per heavy atom. The van der Waals surface area contributed by atoms with Crippen LogP contribution in [0.15, 0.2) is 115 Å². The molecule has 8 heteroatoms. The van der Waals surface area contributed by atoms with Crippen molar-refractivity contribution in [3.63, 3.8) is 0 Å². The standard InChI is InChI=1S/C36H35FN2O5/c1-3-12-34(40)39(33-18-10-8-16-30(33)37)23-11-24-44-28-21-19-26(20-22-28)25-32(36(42)43-2)38-31-17-9-7-15-29(31)35(41)27-13-5-4-6-14-27/h3-10,12-22,32,38H,11,23-25H2,1-2H3/b12-3+/t32-/m0/s1. The molecule has 0 aliphatic rings. The topological polar surface area (TPSA) is 84.9 Å². The molecule has 0 saturated carbocycles. The van der Waals surface area contributed by atoms with E-state index in [1.165, 1.54) is 24.2 Å². The number of hydrogen-bond acceptors (Lipinski definition) is 6. The summed E-state index contributed by atoms with van der Waals surface area (Å²) in [7, 11) is 1.33. The molecule has 1 atom stereocenters. The number of carbonyl (C=O) groups excluding carboxylic acids is 3. The number of rotatable bonds is 14. The summed E-state index contributed by atoms with van der Waals surface area (Å²) in [4.78, 5) is 39.9. The van der Waals surface area contributed by atoms with E-state index in [1.54, 1.807) is 91.9 Å². The van der Waals surface area contributed by atoms with Crippen molar-refractivity contribution >= 4 is 29.0 Å². The lowest BCUT2D eigenvalue weighted by atomic mass is 10.00. The minimum Gasteiger partial charge on any atom is -0.494 e. The molecular weight excluding hydrogens is 559 g/mol. The van der Waals surface area contributed by atoms with Crippen LogP contribution in [-0.4, -0.2) is 44.0 Å². The zero-order valence-corrected chi connectivity index (χ0v) is 24.7. The second-order valence-electron chi connectivity index (χ2n) is 9.95. The molecule has 0 heterocycles.